The molecule has 2 rings (SSSR count). The molecule has 0 aliphatic heterocycles. The summed E-state index contributed by atoms with van der Waals surface area (Å²) < 4.78 is 4.96. The first-order valence-corrected chi connectivity index (χ1v) is 6.10. The Hall–Kier alpha value is -2.07. The highest BCUT2D eigenvalue weighted by molar-refractivity contribution is 6.33. The molecule has 0 bridgehead atoms. The van der Waals surface area contributed by atoms with Gasteiger partial charge in [0.15, 0.2) is 0 Å². The number of rotatable bonds is 4. The second kappa shape index (κ2) is 6.20. The zero-order chi connectivity index (χ0) is 13.7. The third-order valence-electron chi connectivity index (χ3n) is 2.58. The van der Waals surface area contributed by atoms with Crippen molar-refractivity contribution in [1.29, 1.82) is 0 Å². The van der Waals surface area contributed by atoms with Gasteiger partial charge in [-0.1, -0.05) is 29.8 Å². The van der Waals surface area contributed by atoms with E-state index in [0.717, 1.165) is 5.56 Å². The lowest BCUT2D eigenvalue weighted by molar-refractivity contribution is 0.0951. The number of pyridine rings is 1. The average Bonchev–Trinajstić information content (AvgIpc) is 2.46. The van der Waals surface area contributed by atoms with Crippen LogP contribution in [0.1, 0.15) is 15.9 Å². The van der Waals surface area contributed by atoms with E-state index in [-0.39, 0.29) is 5.91 Å². The molecule has 0 aliphatic carbocycles. The molecule has 0 aliphatic rings. The van der Waals surface area contributed by atoms with Crippen molar-refractivity contribution in [3.05, 3.63) is 58.7 Å². The summed E-state index contributed by atoms with van der Waals surface area (Å²) in [6.07, 6.45) is 1.66. The van der Waals surface area contributed by atoms with Crippen molar-refractivity contribution >= 4 is 17.5 Å². The SMILES string of the molecule is COc1ccc(CNC(=O)c2ccccc2Cl)cn1. The van der Waals surface area contributed by atoms with Gasteiger partial charge >= 0.3 is 0 Å². The van der Waals surface area contributed by atoms with Crippen molar-refractivity contribution in [2.75, 3.05) is 7.11 Å². The molecule has 0 spiro atoms. The van der Waals surface area contributed by atoms with Crippen LogP contribution >= 0.6 is 11.6 Å². The van der Waals surface area contributed by atoms with Crippen molar-refractivity contribution in [3.8, 4) is 5.88 Å². The van der Waals surface area contributed by atoms with Crippen molar-refractivity contribution in [2.45, 2.75) is 6.54 Å². The van der Waals surface area contributed by atoms with E-state index in [2.05, 4.69) is 10.3 Å². The van der Waals surface area contributed by atoms with E-state index in [1.165, 1.54) is 0 Å². The molecule has 5 heteroatoms. The van der Waals surface area contributed by atoms with Gasteiger partial charge in [0, 0.05) is 18.8 Å². The highest BCUT2D eigenvalue weighted by atomic mass is 35.5. The Kier molecular flexibility index (Phi) is 4.36. The molecule has 0 unspecified atom stereocenters. The predicted molar refractivity (Wildman–Crippen MR) is 73.4 cm³/mol. The third-order valence-corrected chi connectivity index (χ3v) is 2.91. The van der Waals surface area contributed by atoms with E-state index in [1.807, 2.05) is 6.07 Å². The number of nitrogens with zero attached hydrogens (tertiary/aromatic N) is 1. The fourth-order valence-electron chi connectivity index (χ4n) is 1.56. The first-order valence-electron chi connectivity index (χ1n) is 5.72. The molecule has 1 aromatic carbocycles. The fourth-order valence-corrected chi connectivity index (χ4v) is 1.78. The maximum atomic E-state index is 11.9. The van der Waals surface area contributed by atoms with Crippen LogP contribution in [0.3, 0.4) is 0 Å². The number of amides is 1. The van der Waals surface area contributed by atoms with Crippen LogP contribution in [-0.4, -0.2) is 18.0 Å². The molecule has 2 aromatic rings. The van der Waals surface area contributed by atoms with Gasteiger partial charge in [-0.2, -0.15) is 0 Å². The van der Waals surface area contributed by atoms with Gasteiger partial charge in [0.25, 0.3) is 5.91 Å². The number of nitrogens with one attached hydrogen (secondary N) is 1. The molecule has 0 radical (unpaired) electrons. The first kappa shape index (κ1) is 13.4. The molecule has 19 heavy (non-hydrogen) atoms. The molecular weight excluding hydrogens is 264 g/mol. The molecule has 0 saturated carbocycles. The molecule has 0 fully saturated rings. The number of aromatic nitrogens is 1. The second-order valence-electron chi connectivity index (χ2n) is 3.87. The Morgan fingerprint density at radius 1 is 1.32 bits per heavy atom. The number of carbonyl (C=O) groups excluding carboxylic acids is 1. The number of methoxy groups -OCH3 is 1. The van der Waals surface area contributed by atoms with Gasteiger partial charge in [-0.25, -0.2) is 4.98 Å². The normalized spacial score (nSPS) is 10.0. The Morgan fingerprint density at radius 2 is 2.11 bits per heavy atom. The number of carbonyl (C=O) groups is 1. The van der Waals surface area contributed by atoms with Crippen molar-refractivity contribution in [3.63, 3.8) is 0 Å². The number of halogens is 1. The highest BCUT2D eigenvalue weighted by Crippen LogP contribution is 2.14. The predicted octanol–water partition coefficient (Wildman–Crippen LogP) is 2.67. The molecular formula is C14H13ClN2O2. The molecule has 98 valence electrons. The average molecular weight is 277 g/mol. The number of benzene rings is 1. The van der Waals surface area contributed by atoms with Crippen LogP contribution in [0, 0.1) is 0 Å². The van der Waals surface area contributed by atoms with E-state index in [4.69, 9.17) is 16.3 Å². The van der Waals surface area contributed by atoms with Crippen LogP contribution in [0.15, 0.2) is 42.6 Å². The zero-order valence-corrected chi connectivity index (χ0v) is 11.1. The highest BCUT2D eigenvalue weighted by Gasteiger charge is 2.08. The van der Waals surface area contributed by atoms with Crippen LogP contribution in [0.4, 0.5) is 0 Å². The Morgan fingerprint density at radius 3 is 2.74 bits per heavy atom. The van der Waals surface area contributed by atoms with Gasteiger partial charge in [0.1, 0.15) is 0 Å². The van der Waals surface area contributed by atoms with E-state index >= 15 is 0 Å². The van der Waals surface area contributed by atoms with Gasteiger partial charge in [0.05, 0.1) is 17.7 Å². The number of ether oxygens (including phenoxy) is 1. The first-order chi connectivity index (χ1) is 9.20. The van der Waals surface area contributed by atoms with Crippen LogP contribution in [0.5, 0.6) is 5.88 Å². The van der Waals surface area contributed by atoms with E-state index in [0.29, 0.717) is 23.0 Å². The van der Waals surface area contributed by atoms with Crippen molar-refractivity contribution < 1.29 is 9.53 Å². The second-order valence-corrected chi connectivity index (χ2v) is 4.28. The minimum Gasteiger partial charge on any atom is -0.481 e. The summed E-state index contributed by atoms with van der Waals surface area (Å²) in [6, 6.07) is 10.5. The minimum atomic E-state index is -0.207. The lowest BCUT2D eigenvalue weighted by atomic mass is 10.2. The Balaban J connectivity index is 1.98. The molecule has 0 atom stereocenters. The zero-order valence-electron chi connectivity index (χ0n) is 10.4. The summed E-state index contributed by atoms with van der Waals surface area (Å²) in [6.45, 7) is 0.390. The molecule has 1 N–H and O–H groups in total. The Labute approximate surface area is 116 Å². The van der Waals surface area contributed by atoms with Crippen LogP contribution in [0.2, 0.25) is 5.02 Å². The summed E-state index contributed by atoms with van der Waals surface area (Å²) in [5.74, 6) is 0.336. The molecule has 1 heterocycles. The number of hydrogen-bond acceptors (Lipinski definition) is 3. The van der Waals surface area contributed by atoms with Gasteiger partial charge in [0.2, 0.25) is 5.88 Å². The van der Waals surface area contributed by atoms with Gasteiger partial charge in [-0.3, -0.25) is 4.79 Å². The van der Waals surface area contributed by atoms with Gasteiger partial charge < -0.3 is 10.1 Å². The largest absolute Gasteiger partial charge is 0.481 e. The summed E-state index contributed by atoms with van der Waals surface area (Å²) in [5.41, 5.74) is 1.35. The summed E-state index contributed by atoms with van der Waals surface area (Å²) in [5, 5.41) is 3.23. The van der Waals surface area contributed by atoms with E-state index in [1.54, 1.807) is 43.6 Å². The van der Waals surface area contributed by atoms with Gasteiger partial charge in [-0.15, -0.1) is 0 Å². The third kappa shape index (κ3) is 3.45. The lowest BCUT2D eigenvalue weighted by Gasteiger charge is -2.07. The quantitative estimate of drug-likeness (QED) is 0.934. The Bertz CT molecular complexity index is 570. The maximum Gasteiger partial charge on any atom is 0.253 e. The standard InChI is InChI=1S/C14H13ClN2O2/c1-19-13-7-6-10(8-16-13)9-17-14(18)11-4-2-3-5-12(11)15/h2-8H,9H2,1H3,(H,17,18). The summed E-state index contributed by atoms with van der Waals surface area (Å²) in [4.78, 5) is 16.0. The van der Waals surface area contributed by atoms with E-state index in [9.17, 15) is 4.79 Å². The lowest BCUT2D eigenvalue weighted by Crippen LogP contribution is -2.23. The smallest absolute Gasteiger partial charge is 0.253 e. The molecule has 4 nitrogen and oxygen atoms in total. The molecule has 1 aromatic heterocycles. The monoisotopic (exact) mass is 276 g/mol. The van der Waals surface area contributed by atoms with Crippen molar-refractivity contribution in [1.82, 2.24) is 10.3 Å². The fraction of sp³-hybridized carbons (Fsp3) is 0.143. The van der Waals surface area contributed by atoms with E-state index < -0.39 is 0 Å². The van der Waals surface area contributed by atoms with Crippen LogP contribution in [-0.2, 0) is 6.54 Å². The maximum absolute atomic E-state index is 11.9. The van der Waals surface area contributed by atoms with Crippen LogP contribution in [0.25, 0.3) is 0 Å². The number of hydrogen-bond donors (Lipinski definition) is 1. The molecule has 1 amide bonds. The topological polar surface area (TPSA) is 51.2 Å². The van der Waals surface area contributed by atoms with Crippen LogP contribution < -0.4 is 10.1 Å². The summed E-state index contributed by atoms with van der Waals surface area (Å²) in [7, 11) is 1.56. The minimum absolute atomic E-state index is 0.207. The molecule has 0 saturated heterocycles. The summed E-state index contributed by atoms with van der Waals surface area (Å²) >= 11 is 5.95. The van der Waals surface area contributed by atoms with Crippen molar-refractivity contribution in [2.24, 2.45) is 0 Å². The van der Waals surface area contributed by atoms with Gasteiger partial charge in [-0.05, 0) is 17.7 Å².